The van der Waals surface area contributed by atoms with Crippen LogP contribution in [0.2, 0.25) is 10.0 Å². The maximum atomic E-state index is 6.22. The van der Waals surface area contributed by atoms with E-state index >= 15 is 0 Å². The first-order valence-corrected chi connectivity index (χ1v) is 9.69. The molecule has 0 aliphatic carbocycles. The number of hydrogen-bond donors (Lipinski definition) is 1. The van der Waals surface area contributed by atoms with Crippen molar-refractivity contribution in [2.24, 2.45) is 0 Å². The van der Waals surface area contributed by atoms with Crippen LogP contribution in [-0.2, 0) is 18.8 Å². The molecule has 0 atom stereocenters. The highest BCUT2D eigenvalue weighted by Gasteiger charge is 2.12. The molecule has 0 spiro atoms. The number of hydrogen-bond acceptors (Lipinski definition) is 4. The third-order valence-corrected chi connectivity index (χ3v) is 5.36. The number of halogens is 2. The van der Waals surface area contributed by atoms with Gasteiger partial charge in [0.05, 0.1) is 6.54 Å². The van der Waals surface area contributed by atoms with Crippen molar-refractivity contribution in [3.63, 3.8) is 0 Å². The molecule has 3 aromatic rings. The standard InChI is InChI=1S/C18H18Cl2N4S/c1-2-24-17(11-21-15-9-7-14(19)8-10-15)22-23-18(24)25-12-13-5-3-4-6-16(13)20/h3-10,21H,2,11-12H2,1H3. The first kappa shape index (κ1) is 18.1. The van der Waals surface area contributed by atoms with Gasteiger partial charge in [0.1, 0.15) is 0 Å². The van der Waals surface area contributed by atoms with E-state index in [1.54, 1.807) is 11.8 Å². The monoisotopic (exact) mass is 392 g/mol. The SMILES string of the molecule is CCn1c(CNc2ccc(Cl)cc2)nnc1SCc1ccccc1Cl. The third-order valence-electron chi connectivity index (χ3n) is 3.72. The second-order valence-electron chi connectivity index (χ2n) is 5.38. The lowest BCUT2D eigenvalue weighted by atomic mass is 10.2. The van der Waals surface area contributed by atoms with Gasteiger partial charge in [-0.05, 0) is 42.8 Å². The molecule has 0 aliphatic heterocycles. The Morgan fingerprint density at radius 3 is 2.52 bits per heavy atom. The van der Waals surface area contributed by atoms with Crippen molar-refractivity contribution in [1.82, 2.24) is 14.8 Å². The molecule has 4 nitrogen and oxygen atoms in total. The van der Waals surface area contributed by atoms with Crippen molar-refractivity contribution in [1.29, 1.82) is 0 Å². The van der Waals surface area contributed by atoms with Gasteiger partial charge in [-0.3, -0.25) is 0 Å². The van der Waals surface area contributed by atoms with Crippen LogP contribution in [-0.4, -0.2) is 14.8 Å². The Bertz CT molecular complexity index is 833. The highest BCUT2D eigenvalue weighted by atomic mass is 35.5. The lowest BCUT2D eigenvalue weighted by Gasteiger charge is -2.09. The summed E-state index contributed by atoms with van der Waals surface area (Å²) in [6.45, 7) is 3.51. The quantitative estimate of drug-likeness (QED) is 0.538. The minimum Gasteiger partial charge on any atom is -0.378 e. The van der Waals surface area contributed by atoms with Crippen LogP contribution in [0.1, 0.15) is 18.3 Å². The first-order chi connectivity index (χ1) is 12.2. The van der Waals surface area contributed by atoms with Gasteiger partial charge < -0.3 is 9.88 Å². The number of benzene rings is 2. The predicted octanol–water partition coefficient (Wildman–Crippen LogP) is 5.51. The molecule has 7 heteroatoms. The van der Waals surface area contributed by atoms with Gasteiger partial charge in [-0.15, -0.1) is 10.2 Å². The van der Waals surface area contributed by atoms with E-state index in [-0.39, 0.29) is 0 Å². The average molecular weight is 393 g/mol. The zero-order valence-corrected chi connectivity index (χ0v) is 16.1. The van der Waals surface area contributed by atoms with Crippen LogP contribution in [0.15, 0.2) is 53.7 Å². The molecule has 1 aromatic heterocycles. The summed E-state index contributed by atoms with van der Waals surface area (Å²) in [4.78, 5) is 0. The van der Waals surface area contributed by atoms with E-state index in [2.05, 4.69) is 27.0 Å². The van der Waals surface area contributed by atoms with E-state index in [0.29, 0.717) is 6.54 Å². The lowest BCUT2D eigenvalue weighted by molar-refractivity contribution is 0.648. The second kappa shape index (κ2) is 8.61. The Kier molecular flexibility index (Phi) is 6.24. The van der Waals surface area contributed by atoms with E-state index in [0.717, 1.165) is 44.6 Å². The summed E-state index contributed by atoms with van der Waals surface area (Å²) in [6, 6.07) is 15.5. The molecule has 0 bridgehead atoms. The van der Waals surface area contributed by atoms with Crippen LogP contribution in [0.25, 0.3) is 0 Å². The van der Waals surface area contributed by atoms with Gasteiger partial charge in [-0.25, -0.2) is 0 Å². The van der Waals surface area contributed by atoms with E-state index < -0.39 is 0 Å². The predicted molar refractivity (Wildman–Crippen MR) is 105 cm³/mol. The highest BCUT2D eigenvalue weighted by Crippen LogP contribution is 2.26. The Morgan fingerprint density at radius 1 is 1.04 bits per heavy atom. The van der Waals surface area contributed by atoms with E-state index in [1.165, 1.54) is 0 Å². The van der Waals surface area contributed by atoms with Gasteiger partial charge in [-0.2, -0.15) is 0 Å². The zero-order valence-electron chi connectivity index (χ0n) is 13.7. The molecule has 0 fully saturated rings. The molecule has 130 valence electrons. The fourth-order valence-electron chi connectivity index (χ4n) is 2.38. The summed E-state index contributed by atoms with van der Waals surface area (Å²) in [5, 5.41) is 14.4. The Balaban J connectivity index is 1.66. The fourth-order valence-corrected chi connectivity index (χ4v) is 3.81. The summed E-state index contributed by atoms with van der Waals surface area (Å²) in [7, 11) is 0. The topological polar surface area (TPSA) is 42.7 Å². The number of rotatable bonds is 7. The molecule has 0 saturated carbocycles. The van der Waals surface area contributed by atoms with Gasteiger partial charge in [-0.1, -0.05) is 53.2 Å². The van der Waals surface area contributed by atoms with Crippen LogP contribution < -0.4 is 5.32 Å². The van der Waals surface area contributed by atoms with Gasteiger partial charge >= 0.3 is 0 Å². The molecule has 0 aliphatic rings. The number of aromatic nitrogens is 3. The average Bonchev–Trinajstić information content (AvgIpc) is 3.02. The molecule has 1 heterocycles. The number of anilines is 1. The molecule has 2 aromatic carbocycles. The normalized spacial score (nSPS) is 10.8. The van der Waals surface area contributed by atoms with E-state index in [9.17, 15) is 0 Å². The molecule has 25 heavy (non-hydrogen) atoms. The summed E-state index contributed by atoms with van der Waals surface area (Å²) in [5.41, 5.74) is 2.10. The number of thioether (sulfide) groups is 1. The molecule has 1 N–H and O–H groups in total. The van der Waals surface area contributed by atoms with Crippen molar-refractivity contribution in [2.75, 3.05) is 5.32 Å². The number of nitrogens with one attached hydrogen (secondary N) is 1. The van der Waals surface area contributed by atoms with Crippen molar-refractivity contribution in [2.45, 2.75) is 30.9 Å². The van der Waals surface area contributed by atoms with Crippen LogP contribution in [0.5, 0.6) is 0 Å². The Labute approximate surface area is 161 Å². The third kappa shape index (κ3) is 4.69. The van der Waals surface area contributed by atoms with Crippen LogP contribution in [0, 0.1) is 0 Å². The summed E-state index contributed by atoms with van der Waals surface area (Å²) < 4.78 is 2.12. The number of nitrogens with zero attached hydrogens (tertiary/aromatic N) is 3. The molecule has 0 amide bonds. The second-order valence-corrected chi connectivity index (χ2v) is 7.17. The summed E-state index contributed by atoms with van der Waals surface area (Å²) in [6.07, 6.45) is 0. The molecule has 0 saturated heterocycles. The van der Waals surface area contributed by atoms with Gasteiger partial charge in [0, 0.05) is 28.0 Å². The Morgan fingerprint density at radius 2 is 1.80 bits per heavy atom. The zero-order chi connectivity index (χ0) is 17.6. The first-order valence-electron chi connectivity index (χ1n) is 7.95. The van der Waals surface area contributed by atoms with Crippen molar-refractivity contribution >= 4 is 40.7 Å². The minimum absolute atomic E-state index is 0.606. The maximum Gasteiger partial charge on any atom is 0.191 e. The highest BCUT2D eigenvalue weighted by molar-refractivity contribution is 7.98. The smallest absolute Gasteiger partial charge is 0.191 e. The molecule has 3 rings (SSSR count). The molecular weight excluding hydrogens is 375 g/mol. The van der Waals surface area contributed by atoms with Gasteiger partial charge in [0.25, 0.3) is 0 Å². The van der Waals surface area contributed by atoms with Crippen LogP contribution >= 0.6 is 35.0 Å². The molecule has 0 radical (unpaired) electrons. The van der Waals surface area contributed by atoms with Crippen LogP contribution in [0.4, 0.5) is 5.69 Å². The Hall–Kier alpha value is -1.69. The largest absolute Gasteiger partial charge is 0.378 e. The molecular formula is C18H18Cl2N4S. The van der Waals surface area contributed by atoms with Crippen molar-refractivity contribution in [3.05, 3.63) is 70.0 Å². The van der Waals surface area contributed by atoms with Gasteiger partial charge in [0.2, 0.25) is 0 Å². The summed E-state index contributed by atoms with van der Waals surface area (Å²) in [5.74, 6) is 1.67. The van der Waals surface area contributed by atoms with Crippen molar-refractivity contribution < 1.29 is 0 Å². The van der Waals surface area contributed by atoms with Crippen molar-refractivity contribution in [3.8, 4) is 0 Å². The molecule has 0 unspecified atom stereocenters. The maximum absolute atomic E-state index is 6.22. The van der Waals surface area contributed by atoms with Gasteiger partial charge in [0.15, 0.2) is 11.0 Å². The van der Waals surface area contributed by atoms with E-state index in [1.807, 2.05) is 48.5 Å². The van der Waals surface area contributed by atoms with E-state index in [4.69, 9.17) is 23.2 Å². The lowest BCUT2D eigenvalue weighted by Crippen LogP contribution is -2.08. The fraction of sp³-hybridized carbons (Fsp3) is 0.222. The minimum atomic E-state index is 0.606. The van der Waals surface area contributed by atoms with Crippen LogP contribution in [0.3, 0.4) is 0 Å². The summed E-state index contributed by atoms with van der Waals surface area (Å²) >= 11 is 13.8.